The lowest BCUT2D eigenvalue weighted by molar-refractivity contribution is -0.132. The van der Waals surface area contributed by atoms with E-state index in [0.29, 0.717) is 38.6 Å². The van der Waals surface area contributed by atoms with Gasteiger partial charge in [-0.2, -0.15) is 0 Å². The third-order valence-corrected chi connectivity index (χ3v) is 7.36. The molecule has 0 rings (SSSR count). The van der Waals surface area contributed by atoms with E-state index in [1.54, 1.807) is 13.8 Å². The zero-order chi connectivity index (χ0) is 33.8. The second-order valence-electron chi connectivity index (χ2n) is 11.9. The second kappa shape index (κ2) is 22.1. The van der Waals surface area contributed by atoms with Crippen molar-refractivity contribution in [1.29, 1.82) is 0 Å². The fraction of sp³-hybridized carbons (Fsp3) is 0.750. The lowest BCUT2D eigenvalue weighted by Crippen LogP contribution is -2.51. The van der Waals surface area contributed by atoms with E-state index in [4.69, 9.17) is 0 Å². The van der Waals surface area contributed by atoms with E-state index in [2.05, 4.69) is 21.3 Å². The van der Waals surface area contributed by atoms with E-state index in [9.17, 15) is 38.4 Å². The van der Waals surface area contributed by atoms with Gasteiger partial charge in [0.1, 0.15) is 23.4 Å². The highest BCUT2D eigenvalue weighted by Crippen LogP contribution is 2.11. The molecule has 0 aromatic carbocycles. The first kappa shape index (κ1) is 40.6. The Hall–Kier alpha value is -3.44. The van der Waals surface area contributed by atoms with Crippen LogP contribution in [0.3, 0.4) is 0 Å². The van der Waals surface area contributed by atoms with Gasteiger partial charge in [-0.3, -0.25) is 28.8 Å². The Morgan fingerprint density at radius 2 is 1.14 bits per heavy atom. The van der Waals surface area contributed by atoms with Gasteiger partial charge in [-0.05, 0) is 66.2 Å². The zero-order valence-electron chi connectivity index (χ0n) is 27.6. The Bertz CT molecular complexity index is 1010. The molecule has 0 aliphatic heterocycles. The van der Waals surface area contributed by atoms with Crippen LogP contribution >= 0.6 is 0 Å². The largest absolute Gasteiger partial charge is 0.356 e. The van der Waals surface area contributed by atoms with Gasteiger partial charge < -0.3 is 30.9 Å². The Balaban J connectivity index is 5.40. The maximum Gasteiger partial charge on any atom is 0.242 e. The third-order valence-electron chi connectivity index (χ3n) is 7.36. The molecule has 0 aromatic rings. The van der Waals surface area contributed by atoms with Gasteiger partial charge in [0, 0.05) is 50.1 Å². The highest BCUT2D eigenvalue weighted by Gasteiger charge is 2.27. The van der Waals surface area contributed by atoms with Gasteiger partial charge in [-0.15, -0.1) is 0 Å². The van der Waals surface area contributed by atoms with Crippen LogP contribution in [0.2, 0.25) is 0 Å². The van der Waals surface area contributed by atoms with E-state index < -0.39 is 29.9 Å². The summed E-state index contributed by atoms with van der Waals surface area (Å²) in [5, 5.41) is 11.0. The quantitative estimate of drug-likeness (QED) is 0.118. The average Bonchev–Trinajstić information content (AvgIpc) is 2.93. The van der Waals surface area contributed by atoms with E-state index in [1.807, 2.05) is 6.92 Å². The molecule has 250 valence electrons. The molecule has 0 fully saturated rings. The summed E-state index contributed by atoms with van der Waals surface area (Å²) in [6, 6.07) is -2.44. The van der Waals surface area contributed by atoms with Gasteiger partial charge in [-0.1, -0.05) is 27.2 Å². The molecule has 12 heteroatoms. The number of carbonyl (C=O) groups is 8. The SMILES string of the molecule is CCCC(C)C(=O)NC(CCC(=O)NC(CCC(C)=O)C(C)=O)C(=O)NC(CCCNC(=O)C(C)CCC(C)=O)CC(C)=O. The average molecular weight is 623 g/mol. The predicted molar refractivity (Wildman–Crippen MR) is 166 cm³/mol. The standard InChI is InChI=1S/C32H54N4O8/c1-8-10-20(2)31(43)36-28(16-17-29(41)35-27(25(7)40)15-14-23(5)38)32(44)34-26(19-24(6)39)11-9-18-33-30(42)21(3)12-13-22(4)37/h20-21,26-28H,8-19H2,1-7H3,(H,33,42)(H,34,44)(H,35,41)(H,36,43). The molecule has 0 heterocycles. The number of ketones is 4. The number of hydrogen-bond donors (Lipinski definition) is 4. The summed E-state index contributed by atoms with van der Waals surface area (Å²) >= 11 is 0. The number of hydrogen-bond acceptors (Lipinski definition) is 8. The summed E-state index contributed by atoms with van der Waals surface area (Å²) in [6.45, 7) is 11.4. The molecule has 0 spiro atoms. The third kappa shape index (κ3) is 19.0. The van der Waals surface area contributed by atoms with Crippen LogP contribution in [-0.4, -0.2) is 71.4 Å². The number of rotatable bonds is 24. The van der Waals surface area contributed by atoms with Crippen molar-refractivity contribution < 1.29 is 38.4 Å². The normalized spacial score (nSPS) is 14.2. The topological polar surface area (TPSA) is 185 Å². The maximum absolute atomic E-state index is 13.4. The van der Waals surface area contributed by atoms with Gasteiger partial charge in [0.2, 0.25) is 23.6 Å². The number of Topliss-reactive ketones (excluding diaryl/α,β-unsaturated/α-hetero) is 4. The van der Waals surface area contributed by atoms with Gasteiger partial charge in [0.05, 0.1) is 6.04 Å². The van der Waals surface area contributed by atoms with Crippen molar-refractivity contribution in [3.63, 3.8) is 0 Å². The van der Waals surface area contributed by atoms with Crippen molar-refractivity contribution >= 4 is 46.8 Å². The van der Waals surface area contributed by atoms with Gasteiger partial charge in [-0.25, -0.2) is 0 Å². The molecule has 0 aromatic heterocycles. The summed E-state index contributed by atoms with van der Waals surface area (Å²) in [7, 11) is 0. The monoisotopic (exact) mass is 622 g/mol. The first-order valence-electron chi connectivity index (χ1n) is 15.7. The summed E-state index contributed by atoms with van der Waals surface area (Å²) in [5.41, 5.74) is 0. The zero-order valence-corrected chi connectivity index (χ0v) is 27.6. The summed E-state index contributed by atoms with van der Waals surface area (Å²) in [5.74, 6) is -2.72. The number of amides is 4. The summed E-state index contributed by atoms with van der Waals surface area (Å²) in [4.78, 5) is 97.6. The van der Waals surface area contributed by atoms with Crippen molar-refractivity contribution in [3.05, 3.63) is 0 Å². The molecule has 0 aliphatic carbocycles. The second-order valence-corrected chi connectivity index (χ2v) is 11.9. The molecular weight excluding hydrogens is 568 g/mol. The van der Waals surface area contributed by atoms with Crippen LogP contribution < -0.4 is 21.3 Å². The lowest BCUT2D eigenvalue weighted by Gasteiger charge is -2.24. The summed E-state index contributed by atoms with van der Waals surface area (Å²) < 4.78 is 0. The van der Waals surface area contributed by atoms with E-state index >= 15 is 0 Å². The maximum atomic E-state index is 13.4. The smallest absolute Gasteiger partial charge is 0.242 e. The molecule has 0 aliphatic rings. The molecule has 12 nitrogen and oxygen atoms in total. The molecular formula is C32H54N4O8. The van der Waals surface area contributed by atoms with Crippen LogP contribution in [0, 0.1) is 11.8 Å². The Morgan fingerprint density at radius 3 is 1.68 bits per heavy atom. The molecule has 4 N–H and O–H groups in total. The van der Waals surface area contributed by atoms with Crippen LogP contribution in [0.1, 0.15) is 119 Å². The van der Waals surface area contributed by atoms with Crippen LogP contribution in [0.15, 0.2) is 0 Å². The fourth-order valence-electron chi connectivity index (χ4n) is 4.57. The molecule has 0 saturated carbocycles. The van der Waals surface area contributed by atoms with Crippen molar-refractivity contribution in [2.75, 3.05) is 6.54 Å². The summed E-state index contributed by atoms with van der Waals surface area (Å²) in [6.07, 6.45) is 3.21. The van der Waals surface area contributed by atoms with Crippen molar-refractivity contribution in [2.24, 2.45) is 11.8 Å². The van der Waals surface area contributed by atoms with E-state index in [-0.39, 0.29) is 78.9 Å². The Kier molecular flexibility index (Phi) is 20.4. The predicted octanol–water partition coefficient (Wildman–Crippen LogP) is 2.50. The molecule has 44 heavy (non-hydrogen) atoms. The minimum Gasteiger partial charge on any atom is -0.356 e. The van der Waals surface area contributed by atoms with E-state index in [0.717, 1.165) is 6.42 Å². The molecule has 0 saturated heterocycles. The minimum atomic E-state index is -1.06. The van der Waals surface area contributed by atoms with Crippen LogP contribution in [0.4, 0.5) is 0 Å². The van der Waals surface area contributed by atoms with Gasteiger partial charge in [0.15, 0.2) is 5.78 Å². The number of carbonyl (C=O) groups excluding carboxylic acids is 8. The first-order chi connectivity index (χ1) is 20.6. The van der Waals surface area contributed by atoms with Gasteiger partial charge >= 0.3 is 0 Å². The van der Waals surface area contributed by atoms with Crippen LogP contribution in [0.25, 0.3) is 0 Å². The molecule has 5 unspecified atom stereocenters. The Morgan fingerprint density at radius 1 is 0.568 bits per heavy atom. The van der Waals surface area contributed by atoms with Gasteiger partial charge in [0.25, 0.3) is 0 Å². The van der Waals surface area contributed by atoms with Crippen molar-refractivity contribution in [3.8, 4) is 0 Å². The van der Waals surface area contributed by atoms with Crippen LogP contribution in [-0.2, 0) is 38.4 Å². The van der Waals surface area contributed by atoms with Crippen LogP contribution in [0.5, 0.6) is 0 Å². The number of nitrogens with one attached hydrogen (secondary N) is 4. The Labute approximate surface area is 262 Å². The first-order valence-corrected chi connectivity index (χ1v) is 15.7. The van der Waals surface area contributed by atoms with Crippen molar-refractivity contribution in [1.82, 2.24) is 21.3 Å². The van der Waals surface area contributed by atoms with Crippen molar-refractivity contribution in [2.45, 2.75) is 137 Å². The minimum absolute atomic E-state index is 0.0207. The lowest BCUT2D eigenvalue weighted by atomic mass is 10.0. The molecule has 0 radical (unpaired) electrons. The molecule has 0 bridgehead atoms. The molecule has 4 amide bonds. The fourth-order valence-corrected chi connectivity index (χ4v) is 4.57. The highest BCUT2D eigenvalue weighted by atomic mass is 16.2. The van der Waals surface area contributed by atoms with E-state index in [1.165, 1.54) is 27.7 Å². The highest BCUT2D eigenvalue weighted by molar-refractivity contribution is 5.91. The molecule has 5 atom stereocenters.